The number of ether oxygens (including phenoxy) is 1. The molecule has 3 heteroatoms. The topological polar surface area (TPSA) is 38.3 Å². The molecule has 0 aliphatic carbocycles. The van der Waals surface area contributed by atoms with Crippen LogP contribution in [0.1, 0.15) is 13.3 Å². The van der Waals surface area contributed by atoms with Gasteiger partial charge in [0.05, 0.1) is 5.70 Å². The molecule has 0 aromatic carbocycles. The number of carbonyl (C=O) groups is 1. The van der Waals surface area contributed by atoms with E-state index in [9.17, 15) is 4.79 Å². The monoisotopic (exact) mass is 153 g/mol. The third kappa shape index (κ3) is 0.914. The maximum Gasteiger partial charge on any atom is 0.320 e. The Morgan fingerprint density at radius 3 is 3.27 bits per heavy atom. The minimum Gasteiger partial charge on any atom is -0.432 e. The number of hydrogen-bond acceptors (Lipinski definition) is 3. The molecule has 2 rings (SSSR count). The molecule has 0 saturated carbocycles. The molecule has 60 valence electrons. The van der Waals surface area contributed by atoms with E-state index in [0.717, 1.165) is 18.7 Å². The number of cyclic esters (lactones) is 1. The Balaban J connectivity index is 2.23. The summed E-state index contributed by atoms with van der Waals surface area (Å²) in [4.78, 5) is 11.1. The van der Waals surface area contributed by atoms with Crippen molar-refractivity contribution < 1.29 is 9.53 Å². The summed E-state index contributed by atoms with van der Waals surface area (Å²) >= 11 is 0. The lowest BCUT2D eigenvalue weighted by Crippen LogP contribution is -2.34. The minimum atomic E-state index is -0.0975. The van der Waals surface area contributed by atoms with Gasteiger partial charge in [0, 0.05) is 6.54 Å². The molecule has 0 amide bonds. The van der Waals surface area contributed by atoms with Gasteiger partial charge in [0.2, 0.25) is 0 Å². The lowest BCUT2D eigenvalue weighted by molar-refractivity contribution is -0.140. The van der Waals surface area contributed by atoms with Gasteiger partial charge in [-0.2, -0.15) is 0 Å². The van der Waals surface area contributed by atoms with E-state index in [1.165, 1.54) is 0 Å². The first-order valence-electron chi connectivity index (χ1n) is 3.93. The van der Waals surface area contributed by atoms with Crippen LogP contribution >= 0.6 is 0 Å². The molecule has 0 spiro atoms. The summed E-state index contributed by atoms with van der Waals surface area (Å²) in [5.74, 6) is 0.320. The molecular weight excluding hydrogens is 142 g/mol. The highest BCUT2D eigenvalue weighted by molar-refractivity contribution is 5.79. The fraction of sp³-hybridized carbons (Fsp3) is 0.625. The molecule has 0 bridgehead atoms. The maximum absolute atomic E-state index is 11.1. The van der Waals surface area contributed by atoms with Gasteiger partial charge in [-0.25, -0.2) is 0 Å². The Morgan fingerprint density at radius 2 is 2.55 bits per heavy atom. The Bertz CT molecular complexity index is 222. The second-order valence-electron chi connectivity index (χ2n) is 3.18. The fourth-order valence-electron chi connectivity index (χ4n) is 1.70. The van der Waals surface area contributed by atoms with Crippen molar-refractivity contribution in [2.45, 2.75) is 13.3 Å². The molecule has 11 heavy (non-hydrogen) atoms. The van der Waals surface area contributed by atoms with Gasteiger partial charge < -0.3 is 10.1 Å². The summed E-state index contributed by atoms with van der Waals surface area (Å²) in [7, 11) is 0. The highest BCUT2D eigenvalue weighted by Crippen LogP contribution is 2.30. The molecule has 0 radical (unpaired) electrons. The van der Waals surface area contributed by atoms with E-state index in [1.807, 2.05) is 0 Å². The average Bonchev–Trinajstić information content (AvgIpc) is 2.34. The fourth-order valence-corrected chi connectivity index (χ4v) is 1.70. The zero-order valence-corrected chi connectivity index (χ0v) is 6.46. The standard InChI is InChI=1S/C8H11NO2/c1-5-2-3-9-6-4-11-8(10)7(5)6/h4-5,7,9H,2-3H2,1H3. The maximum atomic E-state index is 11.1. The van der Waals surface area contributed by atoms with E-state index < -0.39 is 0 Å². The van der Waals surface area contributed by atoms with Crippen LogP contribution in [0.3, 0.4) is 0 Å². The molecule has 2 aliphatic heterocycles. The van der Waals surface area contributed by atoms with Crippen molar-refractivity contribution in [3.63, 3.8) is 0 Å². The average molecular weight is 153 g/mol. The second-order valence-corrected chi connectivity index (χ2v) is 3.18. The number of carbonyl (C=O) groups excluding carboxylic acids is 1. The largest absolute Gasteiger partial charge is 0.432 e. The molecule has 3 nitrogen and oxygen atoms in total. The van der Waals surface area contributed by atoms with Gasteiger partial charge in [0.15, 0.2) is 0 Å². The van der Waals surface area contributed by atoms with Gasteiger partial charge in [-0.05, 0) is 12.3 Å². The van der Waals surface area contributed by atoms with Crippen molar-refractivity contribution in [3.8, 4) is 0 Å². The lowest BCUT2D eigenvalue weighted by Gasteiger charge is -2.25. The van der Waals surface area contributed by atoms with E-state index in [0.29, 0.717) is 5.92 Å². The molecule has 2 heterocycles. The lowest BCUT2D eigenvalue weighted by atomic mass is 9.87. The van der Waals surface area contributed by atoms with Gasteiger partial charge in [-0.15, -0.1) is 0 Å². The number of rotatable bonds is 0. The molecule has 0 aromatic rings. The molecule has 2 aliphatic rings. The summed E-state index contributed by atoms with van der Waals surface area (Å²) in [5, 5.41) is 3.16. The molecule has 2 unspecified atom stereocenters. The Kier molecular flexibility index (Phi) is 1.37. The molecular formula is C8H11NO2. The number of piperidine rings is 1. The number of hydrogen-bond donors (Lipinski definition) is 1. The van der Waals surface area contributed by atoms with Crippen LogP contribution in [0.15, 0.2) is 12.0 Å². The number of nitrogens with one attached hydrogen (secondary N) is 1. The summed E-state index contributed by atoms with van der Waals surface area (Å²) in [6.07, 6.45) is 2.60. The van der Waals surface area contributed by atoms with Crippen molar-refractivity contribution in [1.29, 1.82) is 0 Å². The van der Waals surface area contributed by atoms with Crippen molar-refractivity contribution in [1.82, 2.24) is 5.32 Å². The third-order valence-corrected chi connectivity index (χ3v) is 2.39. The normalized spacial score (nSPS) is 35.4. The van der Waals surface area contributed by atoms with Crippen LogP contribution in [-0.2, 0) is 9.53 Å². The zero-order chi connectivity index (χ0) is 7.84. The molecule has 0 aromatic heterocycles. The van der Waals surface area contributed by atoms with Crippen molar-refractivity contribution in [2.24, 2.45) is 11.8 Å². The summed E-state index contributed by atoms with van der Waals surface area (Å²) in [5.41, 5.74) is 0.966. The van der Waals surface area contributed by atoms with Crippen LogP contribution in [0.2, 0.25) is 0 Å². The van der Waals surface area contributed by atoms with Crippen LogP contribution in [0, 0.1) is 11.8 Å². The van der Waals surface area contributed by atoms with Crippen LogP contribution < -0.4 is 5.32 Å². The Labute approximate surface area is 65.4 Å². The Hall–Kier alpha value is -0.990. The summed E-state index contributed by atoms with van der Waals surface area (Å²) in [6.45, 7) is 3.05. The summed E-state index contributed by atoms with van der Waals surface area (Å²) in [6, 6.07) is 0. The van der Waals surface area contributed by atoms with Gasteiger partial charge in [-0.1, -0.05) is 6.92 Å². The van der Waals surface area contributed by atoms with Crippen LogP contribution in [0.25, 0.3) is 0 Å². The predicted molar refractivity (Wildman–Crippen MR) is 39.4 cm³/mol. The number of esters is 1. The van der Waals surface area contributed by atoms with E-state index >= 15 is 0 Å². The first-order chi connectivity index (χ1) is 5.29. The molecule has 1 saturated heterocycles. The van der Waals surface area contributed by atoms with E-state index in [1.54, 1.807) is 6.26 Å². The van der Waals surface area contributed by atoms with Crippen molar-refractivity contribution in [3.05, 3.63) is 12.0 Å². The second kappa shape index (κ2) is 2.26. The van der Waals surface area contributed by atoms with Gasteiger partial charge in [0.1, 0.15) is 12.2 Å². The Morgan fingerprint density at radius 1 is 1.73 bits per heavy atom. The van der Waals surface area contributed by atoms with Gasteiger partial charge in [0.25, 0.3) is 0 Å². The van der Waals surface area contributed by atoms with Crippen LogP contribution in [-0.4, -0.2) is 12.5 Å². The van der Waals surface area contributed by atoms with E-state index in [4.69, 9.17) is 4.74 Å². The zero-order valence-electron chi connectivity index (χ0n) is 6.46. The SMILES string of the molecule is CC1CCNC2=COC(=O)C21. The first kappa shape index (κ1) is 6.70. The van der Waals surface area contributed by atoms with Gasteiger partial charge >= 0.3 is 5.97 Å². The smallest absolute Gasteiger partial charge is 0.320 e. The van der Waals surface area contributed by atoms with Crippen LogP contribution in [0.4, 0.5) is 0 Å². The van der Waals surface area contributed by atoms with Crippen molar-refractivity contribution in [2.75, 3.05) is 6.54 Å². The highest BCUT2D eigenvalue weighted by atomic mass is 16.5. The first-order valence-corrected chi connectivity index (χ1v) is 3.93. The van der Waals surface area contributed by atoms with E-state index in [-0.39, 0.29) is 11.9 Å². The molecule has 1 fully saturated rings. The molecule has 1 N–H and O–H groups in total. The third-order valence-electron chi connectivity index (χ3n) is 2.39. The van der Waals surface area contributed by atoms with Crippen LogP contribution in [0.5, 0.6) is 0 Å². The minimum absolute atomic E-state index is 0.0104. The van der Waals surface area contributed by atoms with E-state index in [2.05, 4.69) is 12.2 Å². The van der Waals surface area contributed by atoms with Gasteiger partial charge in [-0.3, -0.25) is 4.79 Å². The predicted octanol–water partition coefficient (Wildman–Crippen LogP) is 0.630. The highest BCUT2D eigenvalue weighted by Gasteiger charge is 2.37. The quantitative estimate of drug-likeness (QED) is 0.519. The molecule has 2 atom stereocenters. The van der Waals surface area contributed by atoms with Crippen molar-refractivity contribution >= 4 is 5.97 Å². The summed E-state index contributed by atoms with van der Waals surface area (Å²) < 4.78 is 4.81. The number of fused-ring (bicyclic) bond motifs is 1.